The highest BCUT2D eigenvalue weighted by molar-refractivity contribution is 7.96. The lowest BCUT2D eigenvalue weighted by Gasteiger charge is -2.35. The molecule has 0 radical (unpaired) electrons. The van der Waals surface area contributed by atoms with E-state index in [0.717, 1.165) is 36.1 Å². The molecule has 0 N–H and O–H groups in total. The van der Waals surface area contributed by atoms with E-state index in [1.165, 1.54) is 11.1 Å². The zero-order valence-electron chi connectivity index (χ0n) is 29.3. The summed E-state index contributed by atoms with van der Waals surface area (Å²) in [5.74, 6) is -0.329. The molecule has 2 saturated carbocycles. The van der Waals surface area contributed by atoms with Crippen LogP contribution in [-0.4, -0.2) is 93.3 Å². The third-order valence-electron chi connectivity index (χ3n) is 11.6. The Bertz CT molecular complexity index is 1880. The van der Waals surface area contributed by atoms with Crippen molar-refractivity contribution in [1.29, 1.82) is 0 Å². The topological polar surface area (TPSA) is 108 Å². The van der Waals surface area contributed by atoms with Crippen LogP contribution in [0.2, 0.25) is 0 Å². The SMILES string of the molecule is O=S(=O)(c1ccccc1)[C@@H]1[C@H]2C(=Cc3ccc(N4CCOCCOCCOCCOCC4)cc3)[C@@H](C3=C2[C@H]2CC[C@H]3C2)[C@H]1S(=O)(=O)c1ccccc1. The molecule has 4 bridgehead atoms. The molecule has 1 saturated heterocycles. The first-order valence-corrected chi connectivity index (χ1v) is 21.6. The van der Waals surface area contributed by atoms with Gasteiger partial charge in [-0.1, -0.05) is 71.3 Å². The lowest BCUT2D eigenvalue weighted by atomic mass is 9.82. The summed E-state index contributed by atoms with van der Waals surface area (Å²) < 4.78 is 81.9. The number of allylic oxidation sites excluding steroid dienone is 3. The Labute approximate surface area is 307 Å². The van der Waals surface area contributed by atoms with Gasteiger partial charge in [0.15, 0.2) is 19.7 Å². The van der Waals surface area contributed by atoms with E-state index in [2.05, 4.69) is 35.2 Å². The number of hydrogen-bond acceptors (Lipinski definition) is 9. The number of benzene rings is 3. The van der Waals surface area contributed by atoms with Gasteiger partial charge in [0.1, 0.15) is 0 Å². The van der Waals surface area contributed by atoms with Crippen LogP contribution >= 0.6 is 0 Å². The smallest absolute Gasteiger partial charge is 0.183 e. The summed E-state index contributed by atoms with van der Waals surface area (Å²) in [6.07, 6.45) is 5.17. The number of rotatable bonds is 6. The van der Waals surface area contributed by atoms with Crippen molar-refractivity contribution < 1.29 is 35.8 Å². The van der Waals surface area contributed by atoms with E-state index in [9.17, 15) is 16.8 Å². The molecule has 1 heterocycles. The van der Waals surface area contributed by atoms with Gasteiger partial charge in [0.05, 0.1) is 73.1 Å². The molecular weight excluding hydrogens is 699 g/mol. The fourth-order valence-corrected chi connectivity index (χ4v) is 14.4. The van der Waals surface area contributed by atoms with Crippen LogP contribution in [0.25, 0.3) is 6.08 Å². The van der Waals surface area contributed by atoms with Crippen molar-refractivity contribution in [3.8, 4) is 0 Å². The minimum absolute atomic E-state index is 0.177. The third-order valence-corrected chi connectivity index (χ3v) is 16.2. The predicted octanol–water partition coefficient (Wildman–Crippen LogP) is 5.63. The first-order chi connectivity index (χ1) is 25.4. The molecule has 1 aliphatic heterocycles. The number of sulfone groups is 2. The Morgan fingerprint density at radius 3 is 1.40 bits per heavy atom. The van der Waals surface area contributed by atoms with Crippen LogP contribution in [0.4, 0.5) is 5.69 Å². The molecule has 9 nitrogen and oxygen atoms in total. The maximum absolute atomic E-state index is 14.8. The molecule has 0 unspecified atom stereocenters. The van der Waals surface area contributed by atoms with E-state index in [1.54, 1.807) is 60.7 Å². The molecule has 52 heavy (non-hydrogen) atoms. The highest BCUT2D eigenvalue weighted by Crippen LogP contribution is 2.68. The Morgan fingerprint density at radius 2 is 0.962 bits per heavy atom. The summed E-state index contributed by atoms with van der Waals surface area (Å²) in [5.41, 5.74) is 5.31. The van der Waals surface area contributed by atoms with E-state index < -0.39 is 42.0 Å². The first-order valence-electron chi connectivity index (χ1n) is 18.5. The Balaban J connectivity index is 1.15. The van der Waals surface area contributed by atoms with Crippen LogP contribution in [0.5, 0.6) is 0 Å². The molecule has 5 aliphatic rings. The first kappa shape index (κ1) is 35.7. The number of fused-ring (bicyclic) bond motifs is 8. The molecule has 3 aromatic rings. The second-order valence-corrected chi connectivity index (χ2v) is 18.6. The fourth-order valence-electron chi connectivity index (χ4n) is 9.43. The van der Waals surface area contributed by atoms with Gasteiger partial charge in [-0.15, -0.1) is 0 Å². The second-order valence-electron chi connectivity index (χ2n) is 14.4. The Kier molecular flexibility index (Phi) is 10.4. The summed E-state index contributed by atoms with van der Waals surface area (Å²) in [6, 6.07) is 25.1. The summed E-state index contributed by atoms with van der Waals surface area (Å²) in [5, 5.41) is -2.21. The largest absolute Gasteiger partial charge is 0.377 e. The third kappa shape index (κ3) is 6.69. The van der Waals surface area contributed by atoms with Crippen LogP contribution in [0.15, 0.2) is 111 Å². The monoisotopic (exact) mass is 745 g/mol. The molecule has 0 aromatic heterocycles. The van der Waals surface area contributed by atoms with Crippen molar-refractivity contribution in [2.24, 2.45) is 23.7 Å². The standard InChI is InChI=1S/C41H47NO8S2/c43-51(44,33-7-3-1-4-8-33)40-38-35(39(37-31-14-13-30(28-31)36(37)38)41(40)52(45,46)34-9-5-2-6-10-34)27-29-11-15-32(16-12-29)42-17-19-47-21-23-49-25-26-50-24-22-48-20-18-42/h1-12,15-16,27,30-31,38-41H,13-14,17-26,28H2/t30-,31-,38-,39-,40+,41+/m0/s1. The van der Waals surface area contributed by atoms with Crippen LogP contribution in [-0.2, 0) is 38.6 Å². The van der Waals surface area contributed by atoms with Gasteiger partial charge in [-0.05, 0) is 73.1 Å². The van der Waals surface area contributed by atoms with Gasteiger partial charge in [-0.25, -0.2) is 16.8 Å². The molecule has 3 fully saturated rings. The quantitative estimate of drug-likeness (QED) is 0.235. The molecule has 3 aromatic carbocycles. The summed E-state index contributed by atoms with van der Waals surface area (Å²) in [6.45, 7) is 5.59. The summed E-state index contributed by atoms with van der Waals surface area (Å²) in [4.78, 5) is 2.59. The van der Waals surface area contributed by atoms with Crippen LogP contribution in [0.1, 0.15) is 24.8 Å². The maximum atomic E-state index is 14.8. The lowest BCUT2D eigenvalue weighted by Crippen LogP contribution is -2.45. The lowest BCUT2D eigenvalue weighted by molar-refractivity contribution is 0.00206. The summed E-state index contributed by atoms with van der Waals surface area (Å²) in [7, 11) is -8.07. The van der Waals surface area contributed by atoms with Crippen molar-refractivity contribution >= 4 is 31.4 Å². The summed E-state index contributed by atoms with van der Waals surface area (Å²) >= 11 is 0. The zero-order valence-corrected chi connectivity index (χ0v) is 31.0. The normalized spacial score (nSPS) is 28.8. The van der Waals surface area contributed by atoms with Crippen LogP contribution < -0.4 is 4.90 Å². The van der Waals surface area contributed by atoms with Crippen molar-refractivity contribution in [2.75, 3.05) is 70.8 Å². The van der Waals surface area contributed by atoms with E-state index in [1.807, 2.05) is 0 Å². The van der Waals surface area contributed by atoms with Crippen LogP contribution in [0, 0.1) is 23.7 Å². The molecule has 6 atom stereocenters. The number of anilines is 1. The number of nitrogens with zero attached hydrogens (tertiary/aromatic N) is 1. The van der Waals surface area contributed by atoms with Crippen molar-refractivity contribution in [1.82, 2.24) is 0 Å². The number of hydrogen-bond donors (Lipinski definition) is 0. The zero-order chi connectivity index (χ0) is 35.7. The van der Waals surface area contributed by atoms with Gasteiger partial charge < -0.3 is 23.8 Å². The van der Waals surface area contributed by atoms with Gasteiger partial charge >= 0.3 is 0 Å². The van der Waals surface area contributed by atoms with Gasteiger partial charge in [0.2, 0.25) is 0 Å². The molecule has 276 valence electrons. The van der Waals surface area contributed by atoms with Crippen molar-refractivity contribution in [2.45, 2.75) is 39.6 Å². The molecule has 0 spiro atoms. The molecule has 11 heteroatoms. The van der Waals surface area contributed by atoms with Crippen LogP contribution in [0.3, 0.4) is 0 Å². The minimum Gasteiger partial charge on any atom is -0.377 e. The highest BCUT2D eigenvalue weighted by atomic mass is 32.2. The van der Waals surface area contributed by atoms with Crippen molar-refractivity contribution in [3.05, 3.63) is 107 Å². The molecular formula is C41H47NO8S2. The van der Waals surface area contributed by atoms with E-state index >= 15 is 0 Å². The van der Waals surface area contributed by atoms with Gasteiger partial charge in [-0.2, -0.15) is 0 Å². The molecule has 8 rings (SSSR count). The average Bonchev–Trinajstić information content (AvgIpc) is 3.94. The highest BCUT2D eigenvalue weighted by Gasteiger charge is 2.67. The van der Waals surface area contributed by atoms with E-state index in [0.29, 0.717) is 77.8 Å². The van der Waals surface area contributed by atoms with Gasteiger partial charge in [0.25, 0.3) is 0 Å². The average molecular weight is 746 g/mol. The van der Waals surface area contributed by atoms with E-state index in [-0.39, 0.29) is 9.79 Å². The molecule has 0 amide bonds. The molecule has 4 aliphatic carbocycles. The minimum atomic E-state index is -4.04. The van der Waals surface area contributed by atoms with Gasteiger partial charge in [0, 0.05) is 30.6 Å². The second kappa shape index (κ2) is 15.2. The van der Waals surface area contributed by atoms with Gasteiger partial charge in [-0.3, -0.25) is 0 Å². The Hall–Kier alpha value is -3.32. The van der Waals surface area contributed by atoms with E-state index in [4.69, 9.17) is 18.9 Å². The van der Waals surface area contributed by atoms with Crippen molar-refractivity contribution in [3.63, 3.8) is 0 Å². The predicted molar refractivity (Wildman–Crippen MR) is 200 cm³/mol. The number of ether oxygens (including phenoxy) is 4. The Morgan fingerprint density at radius 1 is 0.538 bits per heavy atom. The fraction of sp³-hybridized carbons (Fsp3) is 0.463. The maximum Gasteiger partial charge on any atom is 0.183 e.